The van der Waals surface area contributed by atoms with Gasteiger partial charge in [-0.2, -0.15) is 0 Å². The molecule has 1 aliphatic carbocycles. The predicted molar refractivity (Wildman–Crippen MR) is 48.8 cm³/mol. The van der Waals surface area contributed by atoms with Gasteiger partial charge in [0, 0.05) is 6.42 Å². The minimum Gasteiger partial charge on any atom is -0.389 e. The van der Waals surface area contributed by atoms with E-state index in [4.69, 9.17) is 0 Å². The van der Waals surface area contributed by atoms with E-state index >= 15 is 0 Å². The van der Waals surface area contributed by atoms with E-state index in [2.05, 4.69) is 0 Å². The van der Waals surface area contributed by atoms with Crippen LogP contribution in [0.15, 0.2) is 11.6 Å². The topological polar surface area (TPSA) is 40.5 Å². The Hall–Kier alpha value is -0.340. The monoisotopic (exact) mass is 170 g/mol. The van der Waals surface area contributed by atoms with Crippen molar-refractivity contribution < 1.29 is 10.2 Å². The maximum Gasteiger partial charge on any atom is 0.0775 e. The second-order valence-corrected chi connectivity index (χ2v) is 4.13. The van der Waals surface area contributed by atoms with Gasteiger partial charge in [-0.1, -0.05) is 19.9 Å². The van der Waals surface area contributed by atoms with Gasteiger partial charge in [-0.25, -0.2) is 0 Å². The van der Waals surface area contributed by atoms with Crippen LogP contribution in [-0.2, 0) is 0 Å². The van der Waals surface area contributed by atoms with Crippen molar-refractivity contribution in [1.82, 2.24) is 0 Å². The molecular weight excluding hydrogens is 152 g/mol. The quantitative estimate of drug-likeness (QED) is 0.585. The zero-order valence-corrected chi connectivity index (χ0v) is 8.04. The van der Waals surface area contributed by atoms with Crippen molar-refractivity contribution in [3.63, 3.8) is 0 Å². The van der Waals surface area contributed by atoms with Gasteiger partial charge in [0.2, 0.25) is 0 Å². The molecular formula is C10H18O2. The lowest BCUT2D eigenvalue weighted by Gasteiger charge is -2.36. The first-order valence-electron chi connectivity index (χ1n) is 4.53. The number of hydrogen-bond acceptors (Lipinski definition) is 2. The van der Waals surface area contributed by atoms with Gasteiger partial charge >= 0.3 is 0 Å². The fourth-order valence-electron chi connectivity index (χ4n) is 1.52. The van der Waals surface area contributed by atoms with Gasteiger partial charge in [-0.15, -0.1) is 0 Å². The molecule has 0 aliphatic heterocycles. The highest BCUT2D eigenvalue weighted by Crippen LogP contribution is 2.33. The molecule has 2 N–H and O–H groups in total. The lowest BCUT2D eigenvalue weighted by atomic mass is 9.77. The van der Waals surface area contributed by atoms with Crippen molar-refractivity contribution in [2.24, 2.45) is 5.92 Å². The normalized spacial score (nSPS) is 36.8. The Balaban J connectivity index is 2.75. The molecule has 0 spiro atoms. The Bertz CT molecular complexity index is 196. The van der Waals surface area contributed by atoms with Crippen LogP contribution in [0, 0.1) is 5.92 Å². The first-order chi connectivity index (χ1) is 5.46. The summed E-state index contributed by atoms with van der Waals surface area (Å²) in [6.07, 6.45) is 2.64. The summed E-state index contributed by atoms with van der Waals surface area (Å²) < 4.78 is 0. The Morgan fingerprint density at radius 3 is 2.58 bits per heavy atom. The molecule has 1 aliphatic rings. The molecule has 0 aromatic heterocycles. The van der Waals surface area contributed by atoms with Gasteiger partial charge in [0.05, 0.1) is 11.7 Å². The van der Waals surface area contributed by atoms with Crippen LogP contribution in [0.1, 0.15) is 33.6 Å². The van der Waals surface area contributed by atoms with E-state index in [-0.39, 0.29) is 5.92 Å². The molecule has 0 saturated carbocycles. The Labute approximate surface area is 73.9 Å². The summed E-state index contributed by atoms with van der Waals surface area (Å²) in [5, 5.41) is 19.6. The van der Waals surface area contributed by atoms with Crippen LogP contribution in [0.2, 0.25) is 0 Å². The minimum atomic E-state index is -0.696. The Morgan fingerprint density at radius 2 is 2.17 bits per heavy atom. The van der Waals surface area contributed by atoms with Crippen LogP contribution in [0.25, 0.3) is 0 Å². The SMILES string of the molecule is CC1=CC[C@](O)(C(C)C)C[C@@H]1O. The summed E-state index contributed by atoms with van der Waals surface area (Å²) in [6, 6.07) is 0. The summed E-state index contributed by atoms with van der Waals surface area (Å²) in [5.41, 5.74) is 0.291. The second kappa shape index (κ2) is 3.19. The fraction of sp³-hybridized carbons (Fsp3) is 0.800. The first-order valence-corrected chi connectivity index (χ1v) is 4.53. The molecule has 0 amide bonds. The van der Waals surface area contributed by atoms with E-state index in [1.54, 1.807) is 0 Å². The molecule has 0 aromatic rings. The molecule has 2 nitrogen and oxygen atoms in total. The summed E-state index contributed by atoms with van der Waals surface area (Å²) in [5.74, 6) is 0.205. The lowest BCUT2D eigenvalue weighted by molar-refractivity contribution is -0.0434. The van der Waals surface area contributed by atoms with E-state index in [0.717, 1.165) is 5.57 Å². The predicted octanol–water partition coefficient (Wildman–Crippen LogP) is 1.47. The Morgan fingerprint density at radius 1 is 1.58 bits per heavy atom. The average molecular weight is 170 g/mol. The smallest absolute Gasteiger partial charge is 0.0775 e. The van der Waals surface area contributed by atoms with Crippen LogP contribution < -0.4 is 0 Å². The second-order valence-electron chi connectivity index (χ2n) is 4.13. The van der Waals surface area contributed by atoms with Gasteiger partial charge in [-0.05, 0) is 24.8 Å². The molecule has 0 bridgehead atoms. The third-order valence-corrected chi connectivity index (χ3v) is 2.92. The van der Waals surface area contributed by atoms with Crippen LogP contribution in [-0.4, -0.2) is 21.9 Å². The molecule has 0 unspecified atom stereocenters. The number of rotatable bonds is 1. The van der Waals surface area contributed by atoms with Crippen LogP contribution in [0.5, 0.6) is 0 Å². The average Bonchev–Trinajstić information content (AvgIpc) is 1.97. The third-order valence-electron chi connectivity index (χ3n) is 2.92. The van der Waals surface area contributed by atoms with Crippen molar-refractivity contribution >= 4 is 0 Å². The molecule has 0 saturated heterocycles. The van der Waals surface area contributed by atoms with Gasteiger partial charge in [0.15, 0.2) is 0 Å². The van der Waals surface area contributed by atoms with Crippen LogP contribution >= 0.6 is 0 Å². The standard InChI is InChI=1S/C10H18O2/c1-7(2)10(12)5-4-8(3)9(11)6-10/h4,7,9,11-12H,5-6H2,1-3H3/t9-,10+/m0/s1. The van der Waals surface area contributed by atoms with Gasteiger partial charge in [-0.3, -0.25) is 0 Å². The maximum absolute atomic E-state index is 10.0. The van der Waals surface area contributed by atoms with Gasteiger partial charge in [0.25, 0.3) is 0 Å². The molecule has 1 rings (SSSR count). The van der Waals surface area contributed by atoms with E-state index in [1.165, 1.54) is 0 Å². The molecule has 0 heterocycles. The third kappa shape index (κ3) is 1.70. The van der Waals surface area contributed by atoms with Crippen LogP contribution in [0.4, 0.5) is 0 Å². The van der Waals surface area contributed by atoms with E-state index < -0.39 is 11.7 Å². The van der Waals surface area contributed by atoms with Crippen molar-refractivity contribution in [2.45, 2.75) is 45.3 Å². The maximum atomic E-state index is 10.0. The van der Waals surface area contributed by atoms with Crippen LogP contribution in [0.3, 0.4) is 0 Å². The van der Waals surface area contributed by atoms with Crippen molar-refractivity contribution in [3.05, 3.63) is 11.6 Å². The molecule has 0 aromatic carbocycles. The van der Waals surface area contributed by atoms with E-state index in [1.807, 2.05) is 26.8 Å². The first kappa shape index (κ1) is 9.75. The molecule has 12 heavy (non-hydrogen) atoms. The zero-order valence-electron chi connectivity index (χ0n) is 8.04. The summed E-state index contributed by atoms with van der Waals surface area (Å²) in [4.78, 5) is 0. The summed E-state index contributed by atoms with van der Waals surface area (Å²) in [6.45, 7) is 5.88. The van der Waals surface area contributed by atoms with Gasteiger partial charge < -0.3 is 10.2 Å². The molecule has 70 valence electrons. The minimum absolute atomic E-state index is 0.205. The number of aliphatic hydroxyl groups is 2. The highest BCUT2D eigenvalue weighted by molar-refractivity contribution is 5.13. The van der Waals surface area contributed by atoms with Crippen molar-refractivity contribution in [1.29, 1.82) is 0 Å². The fourth-order valence-corrected chi connectivity index (χ4v) is 1.52. The van der Waals surface area contributed by atoms with Crippen molar-refractivity contribution in [2.75, 3.05) is 0 Å². The number of hydrogen-bond donors (Lipinski definition) is 2. The molecule has 0 fully saturated rings. The molecule has 2 atom stereocenters. The lowest BCUT2D eigenvalue weighted by Crippen LogP contribution is -2.41. The highest BCUT2D eigenvalue weighted by atomic mass is 16.3. The molecule has 2 heteroatoms. The van der Waals surface area contributed by atoms with E-state index in [0.29, 0.717) is 12.8 Å². The largest absolute Gasteiger partial charge is 0.389 e. The van der Waals surface area contributed by atoms with Crippen molar-refractivity contribution in [3.8, 4) is 0 Å². The number of aliphatic hydroxyl groups excluding tert-OH is 1. The Kier molecular flexibility index (Phi) is 2.59. The zero-order chi connectivity index (χ0) is 9.35. The summed E-state index contributed by atoms with van der Waals surface area (Å²) >= 11 is 0. The summed E-state index contributed by atoms with van der Waals surface area (Å²) in [7, 11) is 0. The molecule has 0 radical (unpaired) electrons. The highest BCUT2D eigenvalue weighted by Gasteiger charge is 2.35. The van der Waals surface area contributed by atoms with Gasteiger partial charge in [0.1, 0.15) is 0 Å². The van der Waals surface area contributed by atoms with E-state index in [9.17, 15) is 10.2 Å².